The Balaban J connectivity index is 2.58. The second-order valence-corrected chi connectivity index (χ2v) is 4.57. The molecule has 78 valence electrons. The molecule has 1 aromatic heterocycles. The van der Waals surface area contributed by atoms with Gasteiger partial charge in [0, 0.05) is 16.0 Å². The van der Waals surface area contributed by atoms with Gasteiger partial charge in [0.2, 0.25) is 0 Å². The summed E-state index contributed by atoms with van der Waals surface area (Å²) in [5.74, 6) is 0. The van der Waals surface area contributed by atoms with E-state index in [2.05, 4.69) is 6.07 Å². The third kappa shape index (κ3) is 1.88. The maximum atomic E-state index is 10.9. The van der Waals surface area contributed by atoms with Gasteiger partial charge < -0.3 is 0 Å². The van der Waals surface area contributed by atoms with Gasteiger partial charge >= 0.3 is 0 Å². The van der Waals surface area contributed by atoms with Crippen LogP contribution in [0.4, 0.5) is 0 Å². The molecule has 0 aliphatic rings. The molecular weight excluding hydrogens is 218 g/mol. The summed E-state index contributed by atoms with van der Waals surface area (Å²) in [6.07, 6.45) is 0.848. The molecule has 0 N–H and O–H groups in total. The molecule has 0 amide bonds. The van der Waals surface area contributed by atoms with E-state index in [1.165, 1.54) is 11.3 Å². The topological polar surface area (TPSA) is 40.9 Å². The number of carbonyl (C=O) groups excluding carboxylic acids is 1. The van der Waals surface area contributed by atoms with Crippen molar-refractivity contribution >= 4 is 17.6 Å². The van der Waals surface area contributed by atoms with Crippen LogP contribution >= 0.6 is 11.3 Å². The summed E-state index contributed by atoms with van der Waals surface area (Å²) in [7, 11) is 0. The molecule has 0 aliphatic heterocycles. The van der Waals surface area contributed by atoms with Gasteiger partial charge in [0.15, 0.2) is 6.29 Å². The van der Waals surface area contributed by atoms with Crippen LogP contribution < -0.4 is 0 Å². The molecule has 0 atom stereocenters. The van der Waals surface area contributed by atoms with Crippen molar-refractivity contribution in [1.82, 2.24) is 0 Å². The molecule has 1 aromatic carbocycles. The highest BCUT2D eigenvalue weighted by Gasteiger charge is 2.07. The highest BCUT2D eigenvalue weighted by molar-refractivity contribution is 7.16. The van der Waals surface area contributed by atoms with Crippen LogP contribution in [-0.4, -0.2) is 6.29 Å². The van der Waals surface area contributed by atoms with Crippen molar-refractivity contribution in [2.75, 3.05) is 0 Å². The van der Waals surface area contributed by atoms with Crippen molar-refractivity contribution in [1.29, 1.82) is 5.26 Å². The Labute approximate surface area is 97.8 Å². The maximum absolute atomic E-state index is 10.9. The zero-order valence-electron chi connectivity index (χ0n) is 8.73. The maximum Gasteiger partial charge on any atom is 0.150 e. The number of hydrogen-bond donors (Lipinski definition) is 0. The lowest BCUT2D eigenvalue weighted by molar-refractivity contribution is 0.112. The van der Waals surface area contributed by atoms with Crippen molar-refractivity contribution in [2.45, 2.75) is 6.92 Å². The molecule has 2 rings (SSSR count). The Hall–Kier alpha value is -1.92. The smallest absolute Gasteiger partial charge is 0.150 e. The average molecular weight is 227 g/mol. The fourth-order valence-electron chi connectivity index (χ4n) is 1.53. The number of rotatable bonds is 2. The predicted molar refractivity (Wildman–Crippen MR) is 64.6 cm³/mol. The Morgan fingerprint density at radius 2 is 2.12 bits per heavy atom. The van der Waals surface area contributed by atoms with Crippen LogP contribution in [0.25, 0.3) is 10.4 Å². The highest BCUT2D eigenvalue weighted by Crippen LogP contribution is 2.30. The normalized spacial score (nSPS) is 9.75. The SMILES string of the molecule is Cc1ccc(C=O)c(-c2ccc(C#N)s2)c1. The second kappa shape index (κ2) is 4.30. The lowest BCUT2D eigenvalue weighted by Gasteiger charge is -2.03. The van der Waals surface area contributed by atoms with Crippen molar-refractivity contribution in [2.24, 2.45) is 0 Å². The third-order valence-corrected chi connectivity index (χ3v) is 3.34. The summed E-state index contributed by atoms with van der Waals surface area (Å²) in [5.41, 5.74) is 2.67. The molecule has 0 bridgehead atoms. The Kier molecular flexibility index (Phi) is 2.84. The molecule has 0 radical (unpaired) electrons. The lowest BCUT2D eigenvalue weighted by Crippen LogP contribution is -1.86. The molecule has 1 heterocycles. The van der Waals surface area contributed by atoms with E-state index in [1.54, 1.807) is 6.07 Å². The molecule has 16 heavy (non-hydrogen) atoms. The summed E-state index contributed by atoms with van der Waals surface area (Å²) < 4.78 is 0. The van der Waals surface area contributed by atoms with Crippen LogP contribution in [0.1, 0.15) is 20.8 Å². The van der Waals surface area contributed by atoms with Crippen molar-refractivity contribution in [3.8, 4) is 16.5 Å². The number of aryl methyl sites for hydroxylation is 1. The summed E-state index contributed by atoms with van der Waals surface area (Å²) in [6.45, 7) is 1.98. The first kappa shape index (κ1) is 10.6. The van der Waals surface area contributed by atoms with Gasteiger partial charge in [0.1, 0.15) is 10.9 Å². The lowest BCUT2D eigenvalue weighted by atomic mass is 10.0. The average Bonchev–Trinajstić information content (AvgIpc) is 2.77. The van der Waals surface area contributed by atoms with E-state index >= 15 is 0 Å². The second-order valence-electron chi connectivity index (χ2n) is 3.48. The van der Waals surface area contributed by atoms with Crippen LogP contribution in [0.5, 0.6) is 0 Å². The quantitative estimate of drug-likeness (QED) is 0.738. The summed E-state index contributed by atoms with van der Waals surface area (Å²) >= 11 is 1.40. The largest absolute Gasteiger partial charge is 0.298 e. The van der Waals surface area contributed by atoms with E-state index in [0.29, 0.717) is 10.4 Å². The van der Waals surface area contributed by atoms with Gasteiger partial charge in [-0.1, -0.05) is 17.7 Å². The first-order valence-electron chi connectivity index (χ1n) is 4.80. The molecule has 0 spiro atoms. The number of nitrogens with zero attached hydrogens (tertiary/aromatic N) is 1. The number of hydrogen-bond acceptors (Lipinski definition) is 3. The minimum atomic E-state index is 0.661. The van der Waals surface area contributed by atoms with Crippen molar-refractivity contribution in [3.05, 3.63) is 46.3 Å². The van der Waals surface area contributed by atoms with Crippen LogP contribution in [-0.2, 0) is 0 Å². The number of carbonyl (C=O) groups is 1. The molecule has 0 fully saturated rings. The zero-order chi connectivity index (χ0) is 11.5. The van der Waals surface area contributed by atoms with Crippen molar-refractivity contribution < 1.29 is 4.79 Å². The van der Waals surface area contributed by atoms with Crippen LogP contribution in [0.3, 0.4) is 0 Å². The van der Waals surface area contributed by atoms with Crippen LogP contribution in [0, 0.1) is 18.3 Å². The summed E-state index contributed by atoms with van der Waals surface area (Å²) in [4.78, 5) is 12.5. The Morgan fingerprint density at radius 1 is 1.31 bits per heavy atom. The summed E-state index contributed by atoms with van der Waals surface area (Å²) in [6, 6.07) is 11.4. The molecule has 2 aromatic rings. The molecular formula is C13H9NOS. The third-order valence-electron chi connectivity index (χ3n) is 2.32. The number of nitriles is 1. The van der Waals surface area contributed by atoms with Crippen LogP contribution in [0.15, 0.2) is 30.3 Å². The number of benzene rings is 1. The van der Waals surface area contributed by atoms with E-state index < -0.39 is 0 Å². The zero-order valence-corrected chi connectivity index (χ0v) is 9.54. The fourth-order valence-corrected chi connectivity index (χ4v) is 2.37. The van der Waals surface area contributed by atoms with E-state index in [9.17, 15) is 4.79 Å². The first-order valence-corrected chi connectivity index (χ1v) is 5.62. The molecule has 2 nitrogen and oxygen atoms in total. The van der Waals surface area contributed by atoms with Gasteiger partial charge in [-0.2, -0.15) is 5.26 Å². The molecule has 0 saturated carbocycles. The Bertz CT molecular complexity index is 578. The van der Waals surface area contributed by atoms with Gasteiger partial charge in [-0.25, -0.2) is 0 Å². The van der Waals surface area contributed by atoms with E-state index in [1.807, 2.05) is 31.2 Å². The molecule has 0 aliphatic carbocycles. The van der Waals surface area contributed by atoms with Gasteiger partial charge in [0.25, 0.3) is 0 Å². The van der Waals surface area contributed by atoms with Gasteiger partial charge in [-0.3, -0.25) is 4.79 Å². The molecule has 3 heteroatoms. The molecule has 0 saturated heterocycles. The van der Waals surface area contributed by atoms with E-state index in [4.69, 9.17) is 5.26 Å². The standard InChI is InChI=1S/C13H9NOS/c1-9-2-3-10(8-15)12(6-9)13-5-4-11(7-14)16-13/h2-6,8H,1H3. The molecule has 0 unspecified atom stereocenters. The minimum absolute atomic E-state index is 0.661. The van der Waals surface area contributed by atoms with E-state index in [0.717, 1.165) is 22.3 Å². The highest BCUT2D eigenvalue weighted by atomic mass is 32.1. The fraction of sp³-hybridized carbons (Fsp3) is 0.0769. The first-order chi connectivity index (χ1) is 7.74. The summed E-state index contributed by atoms with van der Waals surface area (Å²) in [5, 5.41) is 8.77. The van der Waals surface area contributed by atoms with Crippen molar-refractivity contribution in [3.63, 3.8) is 0 Å². The van der Waals surface area contributed by atoms with Gasteiger partial charge in [0.05, 0.1) is 0 Å². The monoisotopic (exact) mass is 227 g/mol. The minimum Gasteiger partial charge on any atom is -0.298 e. The van der Waals surface area contributed by atoms with Gasteiger partial charge in [-0.05, 0) is 25.1 Å². The van der Waals surface area contributed by atoms with E-state index in [-0.39, 0.29) is 0 Å². The van der Waals surface area contributed by atoms with Crippen LogP contribution in [0.2, 0.25) is 0 Å². The number of thiophene rings is 1. The number of aldehydes is 1. The van der Waals surface area contributed by atoms with Gasteiger partial charge in [-0.15, -0.1) is 11.3 Å². The Morgan fingerprint density at radius 3 is 2.75 bits per heavy atom. The predicted octanol–water partition coefficient (Wildman–Crippen LogP) is 3.41.